The molecule has 1 saturated carbocycles. The molecule has 0 aliphatic heterocycles. The Balaban J connectivity index is 2.14. The zero-order valence-corrected chi connectivity index (χ0v) is 13.5. The van der Waals surface area contributed by atoms with Gasteiger partial charge in [0.15, 0.2) is 0 Å². The first-order valence-electron chi connectivity index (χ1n) is 6.93. The molecule has 0 radical (unpaired) electrons. The highest BCUT2D eigenvalue weighted by molar-refractivity contribution is 7.89. The summed E-state index contributed by atoms with van der Waals surface area (Å²) in [6, 6.07) is 5.58. The van der Waals surface area contributed by atoms with Crippen molar-refractivity contribution in [1.29, 1.82) is 0 Å². The number of nitrogens with zero attached hydrogens (tertiary/aromatic N) is 1. The minimum Gasteiger partial charge on any atom is -0.310 e. The van der Waals surface area contributed by atoms with E-state index in [-0.39, 0.29) is 4.90 Å². The molecule has 1 aromatic rings. The van der Waals surface area contributed by atoms with Crippen molar-refractivity contribution < 1.29 is 8.42 Å². The molecule has 1 aliphatic rings. The monoisotopic (exact) mass is 316 g/mol. The van der Waals surface area contributed by atoms with E-state index >= 15 is 0 Å². The summed E-state index contributed by atoms with van der Waals surface area (Å²) in [5.74, 6) is 0. The van der Waals surface area contributed by atoms with Gasteiger partial charge in [-0.15, -0.1) is 0 Å². The summed E-state index contributed by atoms with van der Waals surface area (Å²) in [6.07, 6.45) is 3.21. The molecular formula is C14H21ClN2O2S. The zero-order valence-electron chi connectivity index (χ0n) is 11.9. The van der Waals surface area contributed by atoms with Gasteiger partial charge in [-0.25, -0.2) is 12.7 Å². The van der Waals surface area contributed by atoms with Crippen LogP contribution in [-0.4, -0.2) is 32.4 Å². The van der Waals surface area contributed by atoms with Gasteiger partial charge in [-0.05, 0) is 37.0 Å². The summed E-state index contributed by atoms with van der Waals surface area (Å²) < 4.78 is 26.0. The lowest BCUT2D eigenvalue weighted by Gasteiger charge is -2.17. The molecule has 0 aromatic heterocycles. The standard InChI is InChI=1S/C14H21ClN2O2S/c1-3-8-17(2)20(18,19)13-7-4-11(14(15)9-13)10-16-12-5-6-12/h4,7,9,12,16H,3,5-6,8,10H2,1-2H3. The number of sulfonamides is 1. The van der Waals surface area contributed by atoms with Gasteiger partial charge < -0.3 is 5.32 Å². The van der Waals surface area contributed by atoms with E-state index in [4.69, 9.17) is 11.6 Å². The Hall–Kier alpha value is -0.620. The van der Waals surface area contributed by atoms with Crippen molar-refractivity contribution in [2.45, 2.75) is 43.7 Å². The molecule has 0 bridgehead atoms. The number of rotatable bonds is 7. The van der Waals surface area contributed by atoms with Crippen molar-refractivity contribution in [3.05, 3.63) is 28.8 Å². The second-order valence-electron chi connectivity index (χ2n) is 5.23. The predicted molar refractivity (Wildman–Crippen MR) is 81.4 cm³/mol. The summed E-state index contributed by atoms with van der Waals surface area (Å²) in [5.41, 5.74) is 0.940. The van der Waals surface area contributed by atoms with Gasteiger partial charge in [0.2, 0.25) is 10.0 Å². The highest BCUT2D eigenvalue weighted by Gasteiger charge is 2.22. The molecule has 112 valence electrons. The summed E-state index contributed by atoms with van der Waals surface area (Å²) in [4.78, 5) is 0.258. The van der Waals surface area contributed by atoms with Gasteiger partial charge in [0, 0.05) is 31.2 Å². The fourth-order valence-corrected chi connectivity index (χ4v) is 3.59. The fraction of sp³-hybridized carbons (Fsp3) is 0.571. The molecule has 0 saturated heterocycles. The molecule has 1 N–H and O–H groups in total. The van der Waals surface area contributed by atoms with Crippen LogP contribution >= 0.6 is 11.6 Å². The highest BCUT2D eigenvalue weighted by Crippen LogP contribution is 2.25. The van der Waals surface area contributed by atoms with Gasteiger partial charge in [-0.3, -0.25) is 0 Å². The van der Waals surface area contributed by atoms with E-state index < -0.39 is 10.0 Å². The molecule has 2 rings (SSSR count). The van der Waals surface area contributed by atoms with E-state index in [2.05, 4.69) is 5.32 Å². The van der Waals surface area contributed by atoms with Crippen LogP contribution in [0, 0.1) is 0 Å². The van der Waals surface area contributed by atoms with E-state index in [1.807, 2.05) is 6.92 Å². The Morgan fingerprint density at radius 2 is 2.10 bits per heavy atom. The minimum atomic E-state index is -3.43. The first-order valence-corrected chi connectivity index (χ1v) is 8.75. The van der Waals surface area contributed by atoms with Gasteiger partial charge in [0.05, 0.1) is 4.90 Å². The van der Waals surface area contributed by atoms with Crippen LogP contribution in [-0.2, 0) is 16.6 Å². The van der Waals surface area contributed by atoms with E-state index in [0.29, 0.717) is 24.2 Å². The Morgan fingerprint density at radius 3 is 2.65 bits per heavy atom. The van der Waals surface area contributed by atoms with Gasteiger partial charge in [-0.2, -0.15) is 0 Å². The molecule has 6 heteroatoms. The normalized spacial score (nSPS) is 15.8. The lowest BCUT2D eigenvalue weighted by atomic mass is 10.2. The maximum atomic E-state index is 12.3. The third kappa shape index (κ3) is 3.73. The molecule has 0 unspecified atom stereocenters. The Bertz CT molecular complexity index is 571. The smallest absolute Gasteiger partial charge is 0.242 e. The summed E-state index contributed by atoms with van der Waals surface area (Å²) >= 11 is 6.20. The van der Waals surface area contributed by atoms with Crippen molar-refractivity contribution in [3.63, 3.8) is 0 Å². The number of hydrogen-bond acceptors (Lipinski definition) is 3. The SMILES string of the molecule is CCCN(C)S(=O)(=O)c1ccc(CNC2CC2)c(Cl)c1. The van der Waals surface area contributed by atoms with Crippen molar-refractivity contribution in [2.75, 3.05) is 13.6 Å². The first-order chi connectivity index (χ1) is 9.45. The molecular weight excluding hydrogens is 296 g/mol. The van der Waals surface area contributed by atoms with Gasteiger partial charge in [0.1, 0.15) is 0 Å². The van der Waals surface area contributed by atoms with E-state index in [9.17, 15) is 8.42 Å². The highest BCUT2D eigenvalue weighted by atomic mass is 35.5. The zero-order chi connectivity index (χ0) is 14.8. The van der Waals surface area contributed by atoms with Crippen LogP contribution in [0.1, 0.15) is 31.7 Å². The second kappa shape index (κ2) is 6.43. The van der Waals surface area contributed by atoms with Gasteiger partial charge in [-0.1, -0.05) is 24.6 Å². The molecule has 20 heavy (non-hydrogen) atoms. The molecule has 0 amide bonds. The third-order valence-corrected chi connectivity index (χ3v) is 5.63. The van der Waals surface area contributed by atoms with E-state index in [0.717, 1.165) is 12.0 Å². The fourth-order valence-electron chi connectivity index (χ4n) is 1.99. The molecule has 4 nitrogen and oxygen atoms in total. The van der Waals surface area contributed by atoms with Gasteiger partial charge >= 0.3 is 0 Å². The predicted octanol–water partition coefficient (Wildman–Crippen LogP) is 2.62. The minimum absolute atomic E-state index is 0.258. The lowest BCUT2D eigenvalue weighted by Crippen LogP contribution is -2.27. The van der Waals surface area contributed by atoms with Crippen LogP contribution in [0.5, 0.6) is 0 Å². The van der Waals surface area contributed by atoms with Crippen molar-refractivity contribution in [3.8, 4) is 0 Å². The Labute approximate surface area is 126 Å². The lowest BCUT2D eigenvalue weighted by molar-refractivity contribution is 0.468. The largest absolute Gasteiger partial charge is 0.310 e. The molecule has 1 fully saturated rings. The van der Waals surface area contributed by atoms with E-state index in [1.165, 1.54) is 17.1 Å². The summed E-state index contributed by atoms with van der Waals surface area (Å²) in [6.45, 7) is 3.14. The molecule has 0 spiro atoms. The number of halogens is 1. The molecule has 0 atom stereocenters. The van der Waals surface area contributed by atoms with Crippen LogP contribution in [0.15, 0.2) is 23.1 Å². The van der Waals surface area contributed by atoms with Crippen molar-refractivity contribution in [2.24, 2.45) is 0 Å². The van der Waals surface area contributed by atoms with Gasteiger partial charge in [0.25, 0.3) is 0 Å². The van der Waals surface area contributed by atoms with Crippen LogP contribution in [0.3, 0.4) is 0 Å². The summed E-state index contributed by atoms with van der Waals surface area (Å²) in [7, 11) is -1.84. The van der Waals surface area contributed by atoms with Crippen LogP contribution in [0.25, 0.3) is 0 Å². The van der Waals surface area contributed by atoms with E-state index in [1.54, 1.807) is 25.2 Å². The topological polar surface area (TPSA) is 49.4 Å². The third-order valence-electron chi connectivity index (χ3n) is 3.43. The molecule has 0 heterocycles. The maximum absolute atomic E-state index is 12.3. The average molecular weight is 317 g/mol. The van der Waals surface area contributed by atoms with Crippen molar-refractivity contribution >= 4 is 21.6 Å². The number of hydrogen-bond donors (Lipinski definition) is 1. The quantitative estimate of drug-likeness (QED) is 0.841. The van der Waals surface area contributed by atoms with Crippen molar-refractivity contribution in [1.82, 2.24) is 9.62 Å². The maximum Gasteiger partial charge on any atom is 0.242 e. The molecule has 1 aliphatic carbocycles. The number of nitrogens with one attached hydrogen (secondary N) is 1. The average Bonchev–Trinajstić information content (AvgIpc) is 3.21. The van der Waals surface area contributed by atoms with Crippen LogP contribution in [0.4, 0.5) is 0 Å². The Kier molecular flexibility index (Phi) is 5.07. The number of benzene rings is 1. The first kappa shape index (κ1) is 15.8. The second-order valence-corrected chi connectivity index (χ2v) is 7.69. The molecule has 1 aromatic carbocycles. The van der Waals surface area contributed by atoms with Crippen LogP contribution in [0.2, 0.25) is 5.02 Å². The Morgan fingerprint density at radius 1 is 1.40 bits per heavy atom. The van der Waals surface area contributed by atoms with Crippen LogP contribution < -0.4 is 5.32 Å². The summed E-state index contributed by atoms with van der Waals surface area (Å²) in [5, 5.41) is 3.87.